The van der Waals surface area contributed by atoms with Gasteiger partial charge in [-0.25, -0.2) is 0 Å². The maximum atomic E-state index is 12.4. The number of aliphatic hydroxyl groups excluding tert-OH is 1. The Bertz CT molecular complexity index is 597. The van der Waals surface area contributed by atoms with E-state index >= 15 is 0 Å². The van der Waals surface area contributed by atoms with E-state index in [9.17, 15) is 9.90 Å². The third kappa shape index (κ3) is 3.43. The van der Waals surface area contributed by atoms with Crippen molar-refractivity contribution in [2.45, 2.75) is 6.42 Å². The summed E-state index contributed by atoms with van der Waals surface area (Å²) in [5.74, 6) is 0.504. The average Bonchev–Trinajstić information content (AvgIpc) is 2.94. The van der Waals surface area contributed by atoms with Crippen LogP contribution in [0.5, 0.6) is 5.75 Å². The van der Waals surface area contributed by atoms with Crippen LogP contribution in [-0.2, 0) is 9.53 Å². The summed E-state index contributed by atoms with van der Waals surface area (Å²) in [7, 11) is 0. The van der Waals surface area contributed by atoms with Crippen molar-refractivity contribution in [3.63, 3.8) is 0 Å². The fourth-order valence-electron chi connectivity index (χ4n) is 3.32. The third-order valence-corrected chi connectivity index (χ3v) is 5.32. The number of amides is 1. The predicted molar refractivity (Wildman–Crippen MR) is 87.0 cm³/mol. The molecule has 5 nitrogen and oxygen atoms in total. The Hall–Kier alpha value is -1.01. The monoisotopic (exact) mass is 359 g/mol. The number of aliphatic hydroxyl groups is 1. The molecule has 1 aromatic rings. The Morgan fingerprint density at radius 1 is 1.48 bits per heavy atom. The molecule has 0 aliphatic carbocycles. The van der Waals surface area contributed by atoms with Crippen molar-refractivity contribution in [3.8, 4) is 5.75 Å². The van der Waals surface area contributed by atoms with Crippen molar-refractivity contribution in [1.82, 2.24) is 4.90 Å². The normalized spacial score (nSPS) is 26.9. The number of rotatable bonds is 4. The number of carbonyl (C=O) groups excluding carboxylic acids is 1. The molecule has 0 saturated carbocycles. The van der Waals surface area contributed by atoms with E-state index < -0.39 is 0 Å². The summed E-state index contributed by atoms with van der Waals surface area (Å²) < 4.78 is 11.0. The molecule has 0 unspecified atom stereocenters. The predicted octanol–water partition coefficient (Wildman–Crippen LogP) is 2.23. The van der Waals surface area contributed by atoms with Gasteiger partial charge in [-0.05, 0) is 24.6 Å². The molecule has 126 valence electrons. The van der Waals surface area contributed by atoms with Crippen LogP contribution in [0.25, 0.3) is 0 Å². The van der Waals surface area contributed by atoms with Gasteiger partial charge in [0.2, 0.25) is 0 Å². The van der Waals surface area contributed by atoms with Crippen LogP contribution >= 0.6 is 23.2 Å². The number of benzene rings is 1. The number of ether oxygens (including phenoxy) is 2. The number of hydrogen-bond acceptors (Lipinski definition) is 4. The summed E-state index contributed by atoms with van der Waals surface area (Å²) in [6.07, 6.45) is 0.780. The van der Waals surface area contributed by atoms with Crippen molar-refractivity contribution in [1.29, 1.82) is 0 Å². The maximum Gasteiger partial charge on any atom is 0.260 e. The lowest BCUT2D eigenvalue weighted by atomic mass is 9.75. The quantitative estimate of drug-likeness (QED) is 0.895. The first-order valence-corrected chi connectivity index (χ1v) is 8.34. The molecule has 3 rings (SSSR count). The Balaban J connectivity index is 1.61. The van der Waals surface area contributed by atoms with Crippen molar-refractivity contribution in [2.75, 3.05) is 39.5 Å². The van der Waals surface area contributed by atoms with Gasteiger partial charge < -0.3 is 19.5 Å². The van der Waals surface area contributed by atoms with Crippen molar-refractivity contribution >= 4 is 29.1 Å². The molecule has 0 aromatic heterocycles. The molecule has 0 bridgehead atoms. The second-order valence-corrected chi connectivity index (χ2v) is 7.02. The highest BCUT2D eigenvalue weighted by Gasteiger charge is 2.49. The van der Waals surface area contributed by atoms with Crippen molar-refractivity contribution in [3.05, 3.63) is 28.2 Å². The Labute approximate surface area is 145 Å². The van der Waals surface area contributed by atoms with E-state index in [-0.39, 0.29) is 30.5 Å². The molecule has 2 aliphatic rings. The van der Waals surface area contributed by atoms with Gasteiger partial charge in [0.1, 0.15) is 5.75 Å². The lowest BCUT2D eigenvalue weighted by Gasteiger charge is -2.36. The summed E-state index contributed by atoms with van der Waals surface area (Å²) in [4.78, 5) is 14.2. The molecular formula is C16H19Cl2NO4. The summed E-state index contributed by atoms with van der Waals surface area (Å²) >= 11 is 11.9. The molecule has 2 aliphatic heterocycles. The fraction of sp³-hybridized carbons (Fsp3) is 0.562. The van der Waals surface area contributed by atoms with E-state index in [0.717, 1.165) is 6.42 Å². The number of fused-ring (bicyclic) bond motifs is 1. The largest absolute Gasteiger partial charge is 0.482 e. The molecular weight excluding hydrogens is 341 g/mol. The smallest absolute Gasteiger partial charge is 0.260 e. The molecule has 2 atom stereocenters. The van der Waals surface area contributed by atoms with Crippen molar-refractivity contribution < 1.29 is 19.4 Å². The van der Waals surface area contributed by atoms with Crippen LogP contribution in [0.3, 0.4) is 0 Å². The standard InChI is InChI=1S/C16H19Cl2NO4/c17-12-1-2-14(13(18)5-12)23-8-15(21)19-6-11-7-22-4-3-16(11,9-19)10-20/h1-2,5,11,20H,3-4,6-10H2/t11-,16-/m1/s1. The molecule has 2 saturated heterocycles. The van der Waals surface area contributed by atoms with Gasteiger partial charge in [-0.15, -0.1) is 0 Å². The first-order valence-electron chi connectivity index (χ1n) is 7.58. The molecule has 0 spiro atoms. The van der Waals surface area contributed by atoms with E-state index in [4.69, 9.17) is 32.7 Å². The summed E-state index contributed by atoms with van der Waals surface area (Å²) in [5, 5.41) is 10.7. The van der Waals surface area contributed by atoms with Gasteiger partial charge >= 0.3 is 0 Å². The van der Waals surface area contributed by atoms with Gasteiger partial charge in [0.25, 0.3) is 5.91 Å². The van der Waals surface area contributed by atoms with Crippen LogP contribution in [-0.4, -0.2) is 55.4 Å². The highest BCUT2D eigenvalue weighted by Crippen LogP contribution is 2.41. The summed E-state index contributed by atoms with van der Waals surface area (Å²) in [6.45, 7) is 2.36. The van der Waals surface area contributed by atoms with E-state index in [0.29, 0.717) is 42.1 Å². The second kappa shape index (κ2) is 6.85. The molecule has 2 fully saturated rings. The van der Waals surface area contributed by atoms with E-state index in [2.05, 4.69) is 0 Å². The molecule has 1 amide bonds. The van der Waals surface area contributed by atoms with Crippen LogP contribution in [0.2, 0.25) is 10.0 Å². The lowest BCUT2D eigenvalue weighted by molar-refractivity contribution is -0.132. The Kier molecular flexibility index (Phi) is 5.01. The first-order chi connectivity index (χ1) is 11.0. The minimum Gasteiger partial charge on any atom is -0.482 e. The van der Waals surface area contributed by atoms with Gasteiger partial charge in [-0.2, -0.15) is 0 Å². The van der Waals surface area contributed by atoms with E-state index in [1.807, 2.05) is 0 Å². The first kappa shape index (κ1) is 16.8. The number of carbonyl (C=O) groups is 1. The SMILES string of the molecule is O=C(COc1ccc(Cl)cc1Cl)N1C[C@@H]2COCC[C@]2(CO)C1. The highest BCUT2D eigenvalue weighted by atomic mass is 35.5. The number of likely N-dealkylation sites (tertiary alicyclic amines) is 1. The van der Waals surface area contributed by atoms with Gasteiger partial charge in [0.15, 0.2) is 6.61 Å². The maximum absolute atomic E-state index is 12.4. The van der Waals surface area contributed by atoms with Crippen LogP contribution in [0.15, 0.2) is 18.2 Å². The van der Waals surface area contributed by atoms with Crippen molar-refractivity contribution in [2.24, 2.45) is 11.3 Å². The lowest BCUT2D eigenvalue weighted by Crippen LogP contribution is -2.41. The zero-order valence-electron chi connectivity index (χ0n) is 12.6. The van der Waals surface area contributed by atoms with E-state index in [1.54, 1.807) is 23.1 Å². The van der Waals surface area contributed by atoms with Crippen LogP contribution in [0.4, 0.5) is 0 Å². The third-order valence-electron chi connectivity index (χ3n) is 4.79. The van der Waals surface area contributed by atoms with Gasteiger partial charge in [-0.3, -0.25) is 4.79 Å². The molecule has 1 aromatic carbocycles. The zero-order valence-corrected chi connectivity index (χ0v) is 14.1. The molecule has 1 N–H and O–H groups in total. The number of hydrogen-bond donors (Lipinski definition) is 1. The number of nitrogens with zero attached hydrogens (tertiary/aromatic N) is 1. The van der Waals surface area contributed by atoms with Gasteiger partial charge in [0, 0.05) is 36.1 Å². The molecule has 7 heteroatoms. The minimum absolute atomic E-state index is 0.0781. The molecule has 23 heavy (non-hydrogen) atoms. The van der Waals surface area contributed by atoms with Gasteiger partial charge in [0.05, 0.1) is 18.2 Å². The molecule has 0 radical (unpaired) electrons. The molecule has 2 heterocycles. The minimum atomic E-state index is -0.230. The van der Waals surface area contributed by atoms with Crippen LogP contribution < -0.4 is 4.74 Å². The van der Waals surface area contributed by atoms with Crippen LogP contribution in [0, 0.1) is 11.3 Å². The highest BCUT2D eigenvalue weighted by molar-refractivity contribution is 6.35. The van der Waals surface area contributed by atoms with E-state index in [1.165, 1.54) is 0 Å². The average molecular weight is 360 g/mol. The topological polar surface area (TPSA) is 59.0 Å². The van der Waals surface area contributed by atoms with Gasteiger partial charge in [-0.1, -0.05) is 23.2 Å². The van der Waals surface area contributed by atoms with Crippen LogP contribution in [0.1, 0.15) is 6.42 Å². The fourth-order valence-corrected chi connectivity index (χ4v) is 3.78. The Morgan fingerprint density at radius 3 is 3.00 bits per heavy atom. The second-order valence-electron chi connectivity index (χ2n) is 6.18. The summed E-state index contributed by atoms with van der Waals surface area (Å²) in [6, 6.07) is 4.88. The zero-order chi connectivity index (χ0) is 16.4. The number of halogens is 2. The Morgan fingerprint density at radius 2 is 2.30 bits per heavy atom. The summed E-state index contributed by atoms with van der Waals surface area (Å²) in [5.41, 5.74) is -0.230.